The maximum Gasteiger partial charge on any atom is 0.416 e. The molecule has 0 saturated carbocycles. The van der Waals surface area contributed by atoms with Crippen LogP contribution in [0.25, 0.3) is 12.2 Å². The number of aromatic nitrogens is 1. The van der Waals surface area contributed by atoms with Crippen LogP contribution in [-0.2, 0) is 23.4 Å². The minimum atomic E-state index is -4.32. The van der Waals surface area contributed by atoms with E-state index < -0.39 is 11.7 Å². The number of rotatable bonds is 5. The number of nitrogens with zero attached hydrogens (tertiary/aromatic N) is 1. The summed E-state index contributed by atoms with van der Waals surface area (Å²) in [7, 11) is 1.58. The zero-order chi connectivity index (χ0) is 16.2. The fourth-order valence-corrected chi connectivity index (χ4v) is 2.92. The normalized spacial score (nSPS) is 12.2. The van der Waals surface area contributed by atoms with Crippen LogP contribution in [0.5, 0.6) is 0 Å². The number of benzene rings is 1. The number of ether oxygens (including phenoxy) is 1. The molecule has 118 valence electrons. The van der Waals surface area contributed by atoms with Crippen molar-refractivity contribution in [2.24, 2.45) is 0 Å². The van der Waals surface area contributed by atoms with Gasteiger partial charge in [-0.2, -0.15) is 13.2 Å². The fraction of sp³-hybridized carbons (Fsp3) is 0.267. The van der Waals surface area contributed by atoms with Crippen molar-refractivity contribution in [2.75, 3.05) is 7.11 Å². The highest BCUT2D eigenvalue weighted by atomic mass is 35.5. The summed E-state index contributed by atoms with van der Waals surface area (Å²) in [5.41, 5.74) is 0.796. The lowest BCUT2D eigenvalue weighted by atomic mass is 10.1. The van der Waals surface area contributed by atoms with E-state index in [-0.39, 0.29) is 0 Å². The highest BCUT2D eigenvalue weighted by molar-refractivity contribution is 7.12. The molecule has 0 radical (unpaired) electrons. The molecule has 7 heteroatoms. The van der Waals surface area contributed by atoms with Crippen LogP contribution in [0.3, 0.4) is 0 Å². The van der Waals surface area contributed by atoms with Gasteiger partial charge < -0.3 is 4.74 Å². The number of thiazole rings is 1. The lowest BCUT2D eigenvalue weighted by Gasteiger charge is -2.05. The Morgan fingerprint density at radius 2 is 1.91 bits per heavy atom. The van der Waals surface area contributed by atoms with Gasteiger partial charge in [0.05, 0.1) is 23.7 Å². The standard InChI is InChI=1S/C15H13ClF3NOS/c1-21-9-12-13(8-16)22-14(20-12)7-4-10-2-5-11(6-3-10)15(17,18)19/h2-7H,8-9H2,1H3/b7-4+. The van der Waals surface area contributed by atoms with Crippen molar-refractivity contribution in [1.82, 2.24) is 4.98 Å². The Balaban J connectivity index is 2.14. The summed E-state index contributed by atoms with van der Waals surface area (Å²) >= 11 is 7.28. The molecule has 1 heterocycles. The van der Waals surface area contributed by atoms with Gasteiger partial charge in [-0.1, -0.05) is 18.2 Å². The molecule has 2 rings (SSSR count). The molecule has 1 aromatic carbocycles. The molecule has 0 bridgehead atoms. The first-order chi connectivity index (χ1) is 10.4. The van der Waals surface area contributed by atoms with E-state index in [0.29, 0.717) is 18.1 Å². The lowest BCUT2D eigenvalue weighted by molar-refractivity contribution is -0.137. The van der Waals surface area contributed by atoms with Gasteiger partial charge in [-0.25, -0.2) is 4.98 Å². The molecule has 22 heavy (non-hydrogen) atoms. The van der Waals surface area contributed by atoms with Crippen LogP contribution >= 0.6 is 22.9 Å². The minimum Gasteiger partial charge on any atom is -0.378 e. The van der Waals surface area contributed by atoms with E-state index in [0.717, 1.165) is 27.7 Å². The van der Waals surface area contributed by atoms with Gasteiger partial charge in [-0.15, -0.1) is 22.9 Å². The first-order valence-electron chi connectivity index (χ1n) is 6.33. The van der Waals surface area contributed by atoms with Gasteiger partial charge in [-0.05, 0) is 23.8 Å². The number of halogens is 4. The quantitative estimate of drug-likeness (QED) is 0.692. The van der Waals surface area contributed by atoms with Crippen LogP contribution in [0, 0.1) is 0 Å². The smallest absolute Gasteiger partial charge is 0.378 e. The third kappa shape index (κ3) is 4.32. The van der Waals surface area contributed by atoms with E-state index in [2.05, 4.69) is 4.98 Å². The van der Waals surface area contributed by atoms with E-state index in [9.17, 15) is 13.2 Å². The average Bonchev–Trinajstić information content (AvgIpc) is 2.87. The maximum atomic E-state index is 12.5. The summed E-state index contributed by atoms with van der Waals surface area (Å²) in [5, 5.41) is 0.739. The average molecular weight is 348 g/mol. The molecule has 0 atom stereocenters. The number of hydrogen-bond donors (Lipinski definition) is 0. The second-order valence-electron chi connectivity index (χ2n) is 4.44. The summed E-state index contributed by atoms with van der Waals surface area (Å²) in [6.07, 6.45) is -0.849. The molecule has 0 fully saturated rings. The lowest BCUT2D eigenvalue weighted by Crippen LogP contribution is -2.03. The summed E-state index contributed by atoms with van der Waals surface area (Å²) in [6, 6.07) is 4.96. The molecule has 0 aliphatic carbocycles. The van der Waals surface area contributed by atoms with Crippen LogP contribution in [0.15, 0.2) is 24.3 Å². The minimum absolute atomic E-state index is 0.352. The van der Waals surface area contributed by atoms with Crippen molar-refractivity contribution in [3.8, 4) is 0 Å². The van der Waals surface area contributed by atoms with Gasteiger partial charge in [0.25, 0.3) is 0 Å². The Labute approximate surface area is 135 Å². The van der Waals surface area contributed by atoms with Crippen LogP contribution in [0.1, 0.15) is 26.7 Å². The van der Waals surface area contributed by atoms with Crippen molar-refractivity contribution in [3.63, 3.8) is 0 Å². The van der Waals surface area contributed by atoms with Crippen LogP contribution in [0.4, 0.5) is 13.2 Å². The highest BCUT2D eigenvalue weighted by Gasteiger charge is 2.29. The molecule has 0 unspecified atom stereocenters. The first kappa shape index (κ1) is 17.0. The maximum absolute atomic E-state index is 12.5. The number of methoxy groups -OCH3 is 1. The van der Waals surface area contributed by atoms with Gasteiger partial charge >= 0.3 is 6.18 Å². The summed E-state index contributed by atoms with van der Waals surface area (Å²) < 4.78 is 42.5. The van der Waals surface area contributed by atoms with Gasteiger partial charge in [0.2, 0.25) is 0 Å². The first-order valence-corrected chi connectivity index (χ1v) is 7.68. The zero-order valence-electron chi connectivity index (χ0n) is 11.7. The molecule has 0 spiro atoms. The van der Waals surface area contributed by atoms with Gasteiger partial charge in [0, 0.05) is 12.0 Å². The zero-order valence-corrected chi connectivity index (χ0v) is 13.2. The van der Waals surface area contributed by atoms with E-state index >= 15 is 0 Å². The van der Waals surface area contributed by atoms with Gasteiger partial charge in [-0.3, -0.25) is 0 Å². The molecule has 0 amide bonds. The molecule has 1 aromatic heterocycles. The Morgan fingerprint density at radius 3 is 2.45 bits per heavy atom. The molecular formula is C15H13ClF3NOS. The van der Waals surface area contributed by atoms with Crippen molar-refractivity contribution in [2.45, 2.75) is 18.7 Å². The van der Waals surface area contributed by atoms with E-state index in [1.807, 2.05) is 0 Å². The van der Waals surface area contributed by atoms with Crippen molar-refractivity contribution < 1.29 is 17.9 Å². The van der Waals surface area contributed by atoms with E-state index in [4.69, 9.17) is 16.3 Å². The van der Waals surface area contributed by atoms with Crippen molar-refractivity contribution >= 4 is 35.1 Å². The third-order valence-corrected chi connectivity index (χ3v) is 4.34. The van der Waals surface area contributed by atoms with Crippen LogP contribution in [-0.4, -0.2) is 12.1 Å². The largest absolute Gasteiger partial charge is 0.416 e. The Bertz CT molecular complexity index is 650. The second-order valence-corrected chi connectivity index (χ2v) is 5.82. The summed E-state index contributed by atoms with van der Waals surface area (Å²) in [5.74, 6) is 0.352. The van der Waals surface area contributed by atoms with Crippen LogP contribution < -0.4 is 0 Å². The monoisotopic (exact) mass is 347 g/mol. The summed E-state index contributed by atoms with van der Waals surface area (Å²) in [4.78, 5) is 5.31. The Kier molecular flexibility index (Phi) is 5.61. The van der Waals surface area contributed by atoms with Crippen molar-refractivity contribution in [1.29, 1.82) is 0 Å². The Hall–Kier alpha value is -1.37. The highest BCUT2D eigenvalue weighted by Crippen LogP contribution is 2.29. The number of alkyl halides is 4. The molecule has 2 nitrogen and oxygen atoms in total. The van der Waals surface area contributed by atoms with Crippen LogP contribution in [0.2, 0.25) is 0 Å². The molecule has 0 N–H and O–H groups in total. The van der Waals surface area contributed by atoms with E-state index in [1.54, 1.807) is 19.3 Å². The SMILES string of the molecule is COCc1nc(/C=C/c2ccc(C(F)(F)F)cc2)sc1CCl. The second kappa shape index (κ2) is 7.26. The van der Waals surface area contributed by atoms with Gasteiger partial charge in [0.1, 0.15) is 5.01 Å². The third-order valence-electron chi connectivity index (χ3n) is 2.85. The fourth-order valence-electron chi connectivity index (χ4n) is 1.78. The Morgan fingerprint density at radius 1 is 1.23 bits per heavy atom. The molecule has 2 aromatic rings. The molecule has 0 saturated heterocycles. The molecular weight excluding hydrogens is 335 g/mol. The van der Waals surface area contributed by atoms with Gasteiger partial charge in [0.15, 0.2) is 0 Å². The predicted octanol–water partition coefficient (Wildman–Crippen LogP) is 5.22. The summed E-state index contributed by atoms with van der Waals surface area (Å²) in [6.45, 7) is 0.382. The molecule has 0 aliphatic rings. The van der Waals surface area contributed by atoms with E-state index in [1.165, 1.54) is 23.5 Å². The van der Waals surface area contributed by atoms with Crippen molar-refractivity contribution in [3.05, 3.63) is 51.0 Å². The number of hydrogen-bond acceptors (Lipinski definition) is 3. The predicted molar refractivity (Wildman–Crippen MR) is 82.8 cm³/mol. The topological polar surface area (TPSA) is 22.1 Å². The molecule has 0 aliphatic heterocycles.